The summed E-state index contributed by atoms with van der Waals surface area (Å²) in [5, 5.41) is 0. The summed E-state index contributed by atoms with van der Waals surface area (Å²) in [5.41, 5.74) is -6.50. The topological polar surface area (TPSA) is 80.8 Å². The van der Waals surface area contributed by atoms with E-state index in [9.17, 15) is 34.4 Å². The van der Waals surface area contributed by atoms with Crippen LogP contribution in [0.15, 0.2) is 41.3 Å². The highest BCUT2D eigenvalue weighted by Gasteiger charge is 2.67. The van der Waals surface area contributed by atoms with Crippen LogP contribution < -0.4 is 4.74 Å². The third kappa shape index (κ3) is 3.63. The number of sulfone groups is 1. The molecule has 37 heavy (non-hydrogen) atoms. The zero-order valence-corrected chi connectivity index (χ0v) is 21.3. The highest BCUT2D eigenvalue weighted by Crippen LogP contribution is 2.64. The number of rotatable bonds is 3. The number of fused-ring (bicyclic) bond motifs is 4. The van der Waals surface area contributed by atoms with Crippen molar-refractivity contribution in [3.05, 3.63) is 59.2 Å². The van der Waals surface area contributed by atoms with Crippen molar-refractivity contribution in [2.75, 3.05) is 19.7 Å². The van der Waals surface area contributed by atoms with E-state index in [2.05, 4.69) is 0 Å². The van der Waals surface area contributed by atoms with E-state index in [0.29, 0.717) is 4.31 Å². The zero-order valence-electron chi connectivity index (χ0n) is 19.7. The second-order valence-electron chi connectivity index (χ2n) is 10.1. The van der Waals surface area contributed by atoms with Gasteiger partial charge in [-0.05, 0) is 55.9 Å². The molecule has 0 aromatic heterocycles. The molecule has 1 spiro atoms. The lowest BCUT2D eigenvalue weighted by Crippen LogP contribution is -2.59. The van der Waals surface area contributed by atoms with Crippen LogP contribution in [0.4, 0.5) is 22.0 Å². The van der Waals surface area contributed by atoms with Crippen LogP contribution in [-0.2, 0) is 24.6 Å². The first-order valence-electron chi connectivity index (χ1n) is 11.7. The first-order valence-corrected chi connectivity index (χ1v) is 14.6. The number of hydrogen-bond donors (Lipinski definition) is 0. The molecule has 0 amide bonds. The van der Waals surface area contributed by atoms with Crippen LogP contribution in [0.2, 0.25) is 0 Å². The molecule has 1 saturated carbocycles. The number of alkyl halides is 3. The van der Waals surface area contributed by atoms with E-state index in [1.165, 1.54) is 12.1 Å². The highest BCUT2D eigenvalue weighted by molar-refractivity contribution is 7.92. The molecule has 13 heteroatoms. The molecule has 5 rings (SSSR count). The van der Waals surface area contributed by atoms with Crippen molar-refractivity contribution in [1.29, 1.82) is 0 Å². The van der Waals surface area contributed by atoms with Crippen molar-refractivity contribution >= 4 is 19.9 Å². The molecule has 2 aromatic rings. The molecule has 1 unspecified atom stereocenters. The van der Waals surface area contributed by atoms with Gasteiger partial charge in [0.25, 0.3) is 0 Å². The van der Waals surface area contributed by atoms with Gasteiger partial charge in [0.1, 0.15) is 10.6 Å². The Labute approximate surface area is 211 Å². The van der Waals surface area contributed by atoms with E-state index < -0.39 is 84.1 Å². The summed E-state index contributed by atoms with van der Waals surface area (Å²) in [4.78, 5) is -0.144. The quantitative estimate of drug-likeness (QED) is 0.505. The summed E-state index contributed by atoms with van der Waals surface area (Å²) in [7, 11) is -10.1. The lowest BCUT2D eigenvalue weighted by molar-refractivity contribution is -0.0493. The van der Waals surface area contributed by atoms with Crippen molar-refractivity contribution in [2.24, 2.45) is 11.3 Å². The van der Waals surface area contributed by atoms with Gasteiger partial charge in [-0.1, -0.05) is 24.1 Å². The predicted octanol–water partition coefficient (Wildman–Crippen LogP) is 4.68. The van der Waals surface area contributed by atoms with Crippen LogP contribution in [0.3, 0.4) is 0 Å². The molecule has 0 radical (unpaired) electrons. The first-order chi connectivity index (χ1) is 17.2. The SMILES string of the molecule is Cc1ccc(S(=O)(=O)[C@@]23CCC[C@]4(CCN(S(=O)(=O)C(F)(F)F)C4)C2COc2c(F)ccc(F)c23)cc1. The molecule has 0 bridgehead atoms. The summed E-state index contributed by atoms with van der Waals surface area (Å²) in [6.45, 7) is 0.260. The van der Waals surface area contributed by atoms with E-state index in [0.717, 1.165) is 17.7 Å². The lowest BCUT2D eigenvalue weighted by Gasteiger charge is -2.55. The molecule has 2 heterocycles. The third-order valence-electron chi connectivity index (χ3n) is 8.19. The Kier molecular flexibility index (Phi) is 5.97. The Balaban J connectivity index is 1.73. The Morgan fingerprint density at radius 1 is 0.946 bits per heavy atom. The summed E-state index contributed by atoms with van der Waals surface area (Å²) < 4.78 is 127. The van der Waals surface area contributed by atoms with Gasteiger partial charge in [0, 0.05) is 19.0 Å². The Bertz CT molecular complexity index is 1460. The number of nitrogens with zero attached hydrogens (tertiary/aromatic N) is 1. The molecular weight excluding hydrogens is 541 g/mol. The Morgan fingerprint density at radius 2 is 1.59 bits per heavy atom. The Morgan fingerprint density at radius 3 is 2.24 bits per heavy atom. The Hall–Kier alpha value is -2.25. The van der Waals surface area contributed by atoms with Gasteiger partial charge in [0.05, 0.1) is 17.1 Å². The molecule has 2 fully saturated rings. The minimum atomic E-state index is -5.67. The molecule has 3 atom stereocenters. The first kappa shape index (κ1) is 26.4. The van der Waals surface area contributed by atoms with Crippen LogP contribution >= 0.6 is 0 Å². The van der Waals surface area contributed by atoms with Crippen molar-refractivity contribution < 1.29 is 43.5 Å². The average Bonchev–Trinajstić information content (AvgIpc) is 3.26. The minimum Gasteiger partial charge on any atom is -0.490 e. The van der Waals surface area contributed by atoms with Gasteiger partial charge in [-0.2, -0.15) is 17.5 Å². The van der Waals surface area contributed by atoms with Gasteiger partial charge < -0.3 is 4.74 Å². The van der Waals surface area contributed by atoms with Crippen LogP contribution in [0, 0.1) is 29.9 Å². The van der Waals surface area contributed by atoms with Gasteiger partial charge in [0.2, 0.25) is 0 Å². The number of aryl methyl sites for hydroxylation is 1. The fourth-order valence-corrected chi connectivity index (χ4v) is 10.0. The molecule has 1 saturated heterocycles. The van der Waals surface area contributed by atoms with Crippen LogP contribution in [0.25, 0.3) is 0 Å². The molecule has 6 nitrogen and oxygen atoms in total. The maximum atomic E-state index is 15.5. The summed E-state index contributed by atoms with van der Waals surface area (Å²) >= 11 is 0. The van der Waals surface area contributed by atoms with E-state index in [4.69, 9.17) is 4.74 Å². The zero-order chi connectivity index (χ0) is 27.0. The molecule has 0 N–H and O–H groups in total. The van der Waals surface area contributed by atoms with Crippen LogP contribution in [0.1, 0.15) is 36.8 Å². The fraction of sp³-hybridized carbons (Fsp3) is 0.500. The number of ether oxygens (including phenoxy) is 1. The molecule has 3 aliphatic rings. The molecular formula is C24H24F5NO5S2. The van der Waals surface area contributed by atoms with E-state index in [1.807, 2.05) is 0 Å². The van der Waals surface area contributed by atoms with E-state index in [-0.39, 0.29) is 30.6 Å². The number of halogens is 5. The third-order valence-corrected chi connectivity index (χ3v) is 12.3. The standard InChI is InChI=1S/C24H24F5NO5S2/c1-15-3-5-16(6-4-15)36(31,32)23-10-2-9-22(11-12-30(14-22)37(33,34)24(27,28)29)19(23)13-35-21-18(26)8-7-17(25)20(21)23/h3-8,19H,2,9-14H2,1H3/t19?,22-,23+/m1/s1. The molecule has 2 aromatic carbocycles. The van der Waals surface area contributed by atoms with Gasteiger partial charge in [0.15, 0.2) is 21.4 Å². The number of sulfonamides is 1. The minimum absolute atomic E-state index is 0.0756. The highest BCUT2D eigenvalue weighted by atomic mass is 32.2. The van der Waals surface area contributed by atoms with Gasteiger partial charge in [-0.3, -0.25) is 0 Å². The molecule has 202 valence electrons. The van der Waals surface area contributed by atoms with Gasteiger partial charge in [-0.25, -0.2) is 25.6 Å². The molecule has 2 aliphatic heterocycles. The second-order valence-corrected chi connectivity index (χ2v) is 14.2. The summed E-state index contributed by atoms with van der Waals surface area (Å²) in [6.07, 6.45) is 0.158. The summed E-state index contributed by atoms with van der Waals surface area (Å²) in [5.74, 6) is -3.63. The van der Waals surface area contributed by atoms with Crippen molar-refractivity contribution in [3.63, 3.8) is 0 Å². The maximum absolute atomic E-state index is 15.5. The van der Waals surface area contributed by atoms with Crippen LogP contribution in [0.5, 0.6) is 5.75 Å². The summed E-state index contributed by atoms with van der Waals surface area (Å²) in [6, 6.07) is 7.48. The largest absolute Gasteiger partial charge is 0.511 e. The van der Waals surface area contributed by atoms with Crippen molar-refractivity contribution in [3.8, 4) is 5.75 Å². The number of hydrogen-bond acceptors (Lipinski definition) is 5. The fourth-order valence-electron chi connectivity index (χ4n) is 6.47. The predicted molar refractivity (Wildman–Crippen MR) is 123 cm³/mol. The van der Waals surface area contributed by atoms with E-state index >= 15 is 4.39 Å². The maximum Gasteiger partial charge on any atom is 0.511 e. The second kappa shape index (κ2) is 8.37. The van der Waals surface area contributed by atoms with Gasteiger partial charge in [-0.15, -0.1) is 0 Å². The normalized spacial score (nSPS) is 28.5. The van der Waals surface area contributed by atoms with E-state index in [1.54, 1.807) is 19.1 Å². The number of benzene rings is 2. The van der Waals surface area contributed by atoms with Gasteiger partial charge >= 0.3 is 15.5 Å². The van der Waals surface area contributed by atoms with Crippen LogP contribution in [-0.4, -0.2) is 46.3 Å². The van der Waals surface area contributed by atoms with Crippen molar-refractivity contribution in [2.45, 2.75) is 47.8 Å². The lowest BCUT2D eigenvalue weighted by atomic mass is 9.58. The molecule has 1 aliphatic carbocycles. The smallest absolute Gasteiger partial charge is 0.490 e. The average molecular weight is 566 g/mol. The monoisotopic (exact) mass is 565 g/mol. The van der Waals surface area contributed by atoms with Crippen molar-refractivity contribution in [1.82, 2.24) is 4.31 Å².